The highest BCUT2D eigenvalue weighted by molar-refractivity contribution is 6.31. The number of aromatic carboxylic acids is 1. The van der Waals surface area contributed by atoms with Gasteiger partial charge in [-0.05, 0) is 44.2 Å². The summed E-state index contributed by atoms with van der Waals surface area (Å²) in [5.41, 5.74) is 4.63. The number of quaternary nitrogens is 1. The zero-order valence-corrected chi connectivity index (χ0v) is 16.6. The Morgan fingerprint density at radius 3 is 2.44 bits per heavy atom. The normalized spacial score (nSPS) is 9.56. The maximum absolute atomic E-state index is 11.0. The van der Waals surface area contributed by atoms with Crippen LogP contribution in [0, 0.1) is 11.8 Å². The van der Waals surface area contributed by atoms with E-state index in [1.807, 2.05) is 42.3 Å². The number of hydrogen-bond acceptors (Lipinski definition) is 4. The zero-order chi connectivity index (χ0) is 20.2. The number of hydrogen-bond donors (Lipinski definition) is 1. The topological polar surface area (TPSA) is 80.2 Å². The van der Waals surface area contributed by atoms with Gasteiger partial charge in [-0.2, -0.15) is 0 Å². The molecule has 0 aliphatic heterocycles. The highest BCUT2D eigenvalue weighted by Gasteiger charge is 2.05. The van der Waals surface area contributed by atoms with Crippen molar-refractivity contribution in [3.8, 4) is 17.6 Å². The van der Waals surface area contributed by atoms with Crippen LogP contribution in [-0.4, -0.2) is 32.2 Å². The van der Waals surface area contributed by atoms with Crippen molar-refractivity contribution in [3.63, 3.8) is 0 Å². The fraction of sp³-hybridized carbons (Fsp3) is 0.286. The van der Waals surface area contributed by atoms with E-state index >= 15 is 0 Å². The Labute approximate surface area is 165 Å². The fourth-order valence-corrected chi connectivity index (χ4v) is 2.07. The van der Waals surface area contributed by atoms with Crippen LogP contribution in [0.5, 0.6) is 5.75 Å². The molecule has 0 saturated heterocycles. The molecule has 0 heterocycles. The number of anilines is 1. The van der Waals surface area contributed by atoms with Gasteiger partial charge in [0.2, 0.25) is 0 Å². The van der Waals surface area contributed by atoms with E-state index in [0.29, 0.717) is 17.6 Å². The molecule has 5 nitrogen and oxygen atoms in total. The van der Waals surface area contributed by atoms with Crippen LogP contribution in [0.4, 0.5) is 5.69 Å². The molecule has 0 bridgehead atoms. The maximum Gasteiger partial charge on any atom is 0.149 e. The number of nitrogens with zero attached hydrogens (tertiary/aromatic N) is 1. The first-order valence-corrected chi connectivity index (χ1v) is 8.87. The monoisotopic (exact) mass is 388 g/mol. The Morgan fingerprint density at radius 1 is 1.22 bits per heavy atom. The molecule has 0 fully saturated rings. The van der Waals surface area contributed by atoms with E-state index in [0.717, 1.165) is 5.69 Å². The minimum absolute atomic E-state index is 0.0827. The molecule has 2 aromatic carbocycles. The third-order valence-corrected chi connectivity index (χ3v) is 3.33. The van der Waals surface area contributed by atoms with Gasteiger partial charge >= 0.3 is 0 Å². The lowest BCUT2D eigenvalue weighted by Crippen LogP contribution is -2.57. The Kier molecular flexibility index (Phi) is 9.81. The van der Waals surface area contributed by atoms with Gasteiger partial charge in [0.05, 0.1) is 18.6 Å². The van der Waals surface area contributed by atoms with E-state index < -0.39 is 5.97 Å². The van der Waals surface area contributed by atoms with Crippen LogP contribution >= 0.6 is 11.6 Å². The number of rotatable bonds is 5. The van der Waals surface area contributed by atoms with E-state index in [1.165, 1.54) is 12.1 Å². The molecule has 0 atom stereocenters. The molecule has 2 aromatic rings. The number of halogens is 1. The van der Waals surface area contributed by atoms with Crippen molar-refractivity contribution in [3.05, 3.63) is 59.1 Å². The highest BCUT2D eigenvalue weighted by Crippen LogP contribution is 2.22. The molecule has 0 aromatic heterocycles. The first-order chi connectivity index (χ1) is 12.8. The van der Waals surface area contributed by atoms with Gasteiger partial charge in [0.1, 0.15) is 12.4 Å². The zero-order valence-electron chi connectivity index (χ0n) is 15.9. The van der Waals surface area contributed by atoms with Crippen molar-refractivity contribution in [1.29, 1.82) is 0 Å². The van der Waals surface area contributed by atoms with Crippen LogP contribution in [0.25, 0.3) is 0 Å². The average Bonchev–Trinajstić information content (AvgIpc) is 2.62. The summed E-state index contributed by atoms with van der Waals surface area (Å²) in [5, 5.41) is 11.3. The summed E-state index contributed by atoms with van der Waals surface area (Å²) in [6.45, 7) is 4.74. The first kappa shape index (κ1) is 22.4. The first-order valence-electron chi connectivity index (χ1n) is 8.50. The summed E-state index contributed by atoms with van der Waals surface area (Å²) in [4.78, 5) is 13.0. The van der Waals surface area contributed by atoms with Gasteiger partial charge in [0.15, 0.2) is 0 Å². The van der Waals surface area contributed by atoms with Crippen LogP contribution in [0.1, 0.15) is 24.2 Å². The molecule has 2 rings (SSSR count). The summed E-state index contributed by atoms with van der Waals surface area (Å²) in [6, 6.07) is 14.8. The van der Waals surface area contributed by atoms with Crippen LogP contribution in [0.15, 0.2) is 48.5 Å². The molecule has 0 amide bonds. The summed E-state index contributed by atoms with van der Waals surface area (Å²) in [5.74, 6) is 4.69. The molecule has 0 unspecified atom stereocenters. The Balaban J connectivity index is 0.000000828. The predicted octanol–water partition coefficient (Wildman–Crippen LogP) is 1.86. The van der Waals surface area contributed by atoms with Gasteiger partial charge in [0.25, 0.3) is 0 Å². The van der Waals surface area contributed by atoms with E-state index in [1.54, 1.807) is 6.07 Å². The van der Waals surface area contributed by atoms with Gasteiger partial charge in [-0.25, -0.2) is 0 Å². The lowest BCUT2D eigenvalue weighted by atomic mass is 10.2. The lowest BCUT2D eigenvalue weighted by molar-refractivity contribution is -0.407. The van der Waals surface area contributed by atoms with Crippen LogP contribution in [0.2, 0.25) is 5.02 Å². The van der Waals surface area contributed by atoms with Crippen molar-refractivity contribution in [2.24, 2.45) is 0 Å². The number of carbonyl (C=O) groups is 1. The second kappa shape index (κ2) is 11.8. The molecule has 0 saturated carbocycles. The van der Waals surface area contributed by atoms with E-state index in [2.05, 4.69) is 31.4 Å². The van der Waals surface area contributed by atoms with Gasteiger partial charge in [-0.15, -0.1) is 0 Å². The molecule has 0 spiro atoms. The summed E-state index contributed by atoms with van der Waals surface area (Å²) < 4.78 is 5.37. The number of ether oxygens (including phenoxy) is 1. The Hall–Kier alpha value is -2.68. The summed E-state index contributed by atoms with van der Waals surface area (Å²) >= 11 is 5.76. The van der Waals surface area contributed by atoms with Crippen molar-refractivity contribution in [2.75, 3.05) is 25.1 Å². The van der Waals surface area contributed by atoms with Crippen LogP contribution in [0.3, 0.4) is 0 Å². The van der Waals surface area contributed by atoms with Crippen molar-refractivity contribution < 1.29 is 20.4 Å². The number of para-hydroxylation sites is 1. The van der Waals surface area contributed by atoms with E-state index in [9.17, 15) is 9.90 Å². The number of carboxylic acids is 1. The smallest absolute Gasteiger partial charge is 0.149 e. The second-order valence-electron chi connectivity index (χ2n) is 6.16. The summed E-state index contributed by atoms with van der Waals surface area (Å²) in [7, 11) is 1.94. The maximum atomic E-state index is 11.0. The molecule has 0 aliphatic carbocycles. The standard InChI is InChI=1S/C18H16ClNO3.C3H9N/c1-20(15-7-3-2-4-8-15)11-5-6-12-23-17-10-9-14(19)13-16(17)18(21)22;1-3(2)4/h2-4,7-10,13H,11-12H2,1H3,(H,21,22);3H,4H2,1-2H3. The van der Waals surface area contributed by atoms with Gasteiger partial charge in [-0.3, -0.25) is 0 Å². The number of benzene rings is 2. The lowest BCUT2D eigenvalue weighted by Gasteiger charge is -2.15. The minimum atomic E-state index is -1.33. The molecule has 6 heteroatoms. The SMILES string of the molecule is CC(C)[NH3+].CN(CC#CCOc1ccc(Cl)cc1C(=O)[O-])c1ccccc1. The molecule has 0 aliphatic rings. The Morgan fingerprint density at radius 2 is 1.85 bits per heavy atom. The van der Waals surface area contributed by atoms with Gasteiger partial charge in [0, 0.05) is 23.3 Å². The van der Waals surface area contributed by atoms with Crippen molar-refractivity contribution >= 4 is 23.3 Å². The van der Waals surface area contributed by atoms with Crippen molar-refractivity contribution in [1.82, 2.24) is 0 Å². The predicted molar refractivity (Wildman–Crippen MR) is 107 cm³/mol. The van der Waals surface area contributed by atoms with Gasteiger partial charge in [-0.1, -0.05) is 41.6 Å². The molecule has 3 N–H and O–H groups in total. The summed E-state index contributed by atoms with van der Waals surface area (Å²) in [6.07, 6.45) is 0. The van der Waals surface area contributed by atoms with Crippen molar-refractivity contribution in [2.45, 2.75) is 19.9 Å². The van der Waals surface area contributed by atoms with Gasteiger partial charge < -0.3 is 25.3 Å². The highest BCUT2D eigenvalue weighted by atomic mass is 35.5. The largest absolute Gasteiger partial charge is 0.545 e. The van der Waals surface area contributed by atoms with E-state index in [4.69, 9.17) is 16.3 Å². The van der Waals surface area contributed by atoms with Crippen LogP contribution in [-0.2, 0) is 0 Å². The average molecular weight is 389 g/mol. The molecule has 144 valence electrons. The third kappa shape index (κ3) is 9.00. The van der Waals surface area contributed by atoms with E-state index in [-0.39, 0.29) is 17.9 Å². The molecule has 0 radical (unpaired) electrons. The number of carboxylic acid groups (broad SMARTS) is 1. The second-order valence-corrected chi connectivity index (χ2v) is 6.59. The fourth-order valence-electron chi connectivity index (χ4n) is 1.90. The minimum Gasteiger partial charge on any atom is -0.545 e. The third-order valence-electron chi connectivity index (χ3n) is 3.10. The molecule has 27 heavy (non-hydrogen) atoms. The van der Waals surface area contributed by atoms with Crippen LogP contribution < -0.4 is 20.5 Å². The number of carbonyl (C=O) groups excluding carboxylic acids is 1. The quantitative estimate of drug-likeness (QED) is 0.793. The molecular formula is C21H25ClN2O3. The molecular weight excluding hydrogens is 364 g/mol. The Bertz CT molecular complexity index is 780.